The largest absolute Gasteiger partial charge is 0.460 e. The fraction of sp³-hybridized carbons (Fsp3) is 0.300. The third-order valence-corrected chi connectivity index (χ3v) is 4.95. The van der Waals surface area contributed by atoms with E-state index < -0.39 is 5.41 Å². The number of rotatable bonds is 4. The highest BCUT2D eigenvalue weighted by Crippen LogP contribution is 2.42. The average molecular weight is 340 g/mol. The van der Waals surface area contributed by atoms with Crippen LogP contribution in [0.2, 0.25) is 5.02 Å². The number of carbonyl (C=O) groups is 1. The summed E-state index contributed by atoms with van der Waals surface area (Å²) in [6.07, 6.45) is 3.66. The Hall–Kier alpha value is -2.31. The Morgan fingerprint density at radius 1 is 1.08 bits per heavy atom. The number of benzene rings is 2. The lowest BCUT2D eigenvalue weighted by Crippen LogP contribution is -2.34. The van der Waals surface area contributed by atoms with Gasteiger partial charge in [-0.3, -0.25) is 4.79 Å². The van der Waals surface area contributed by atoms with Crippen LogP contribution in [-0.2, 0) is 21.6 Å². The number of ether oxygens (including phenoxy) is 1. The summed E-state index contributed by atoms with van der Waals surface area (Å²) in [5.41, 5.74) is 1.90. The Kier molecular flexibility index (Phi) is 4.87. The SMILES string of the molecule is N#Cc1ccc(COC(=O)C2(c3ccc(Cl)cc3)CCCC2)cc1. The van der Waals surface area contributed by atoms with E-state index in [1.54, 1.807) is 12.1 Å². The quantitative estimate of drug-likeness (QED) is 0.754. The van der Waals surface area contributed by atoms with Gasteiger partial charge in [-0.15, -0.1) is 0 Å². The summed E-state index contributed by atoms with van der Waals surface area (Å²) in [6.45, 7) is 0.222. The Labute approximate surface area is 146 Å². The molecule has 0 N–H and O–H groups in total. The van der Waals surface area contributed by atoms with E-state index in [1.807, 2.05) is 36.4 Å². The molecule has 0 amide bonds. The molecule has 0 bridgehead atoms. The van der Waals surface area contributed by atoms with E-state index >= 15 is 0 Å². The van der Waals surface area contributed by atoms with Crippen molar-refractivity contribution < 1.29 is 9.53 Å². The predicted octanol–water partition coefficient (Wildman–Crippen LogP) is 4.77. The number of hydrogen-bond acceptors (Lipinski definition) is 3. The van der Waals surface area contributed by atoms with Crippen LogP contribution in [0.3, 0.4) is 0 Å². The first-order valence-electron chi connectivity index (χ1n) is 8.06. The zero-order valence-electron chi connectivity index (χ0n) is 13.3. The summed E-state index contributed by atoms with van der Waals surface area (Å²) in [6, 6.07) is 16.7. The molecule has 3 nitrogen and oxygen atoms in total. The number of carbonyl (C=O) groups excluding carboxylic acids is 1. The van der Waals surface area contributed by atoms with Crippen LogP contribution >= 0.6 is 11.6 Å². The van der Waals surface area contributed by atoms with Crippen LogP contribution in [-0.4, -0.2) is 5.97 Å². The number of esters is 1. The monoisotopic (exact) mass is 339 g/mol. The fourth-order valence-electron chi connectivity index (χ4n) is 3.32. The van der Waals surface area contributed by atoms with Gasteiger partial charge in [0.15, 0.2) is 0 Å². The number of nitrogens with zero attached hydrogens (tertiary/aromatic N) is 1. The van der Waals surface area contributed by atoms with E-state index in [0.717, 1.165) is 36.8 Å². The highest BCUT2D eigenvalue weighted by molar-refractivity contribution is 6.30. The van der Waals surface area contributed by atoms with E-state index in [2.05, 4.69) is 6.07 Å². The Bertz CT molecular complexity index is 754. The van der Waals surface area contributed by atoms with Gasteiger partial charge in [0.25, 0.3) is 0 Å². The molecule has 24 heavy (non-hydrogen) atoms. The van der Waals surface area contributed by atoms with Gasteiger partial charge in [-0.2, -0.15) is 5.26 Å². The normalized spacial score (nSPS) is 15.7. The molecule has 2 aromatic rings. The van der Waals surface area contributed by atoms with Gasteiger partial charge in [0, 0.05) is 5.02 Å². The van der Waals surface area contributed by atoms with Crippen molar-refractivity contribution in [2.24, 2.45) is 0 Å². The smallest absolute Gasteiger partial charge is 0.316 e. The molecule has 0 radical (unpaired) electrons. The summed E-state index contributed by atoms with van der Waals surface area (Å²) in [5, 5.41) is 9.49. The van der Waals surface area contributed by atoms with Crippen molar-refractivity contribution in [1.29, 1.82) is 5.26 Å². The number of halogens is 1. The molecule has 4 heteroatoms. The molecule has 0 atom stereocenters. The number of hydrogen-bond donors (Lipinski definition) is 0. The van der Waals surface area contributed by atoms with E-state index in [9.17, 15) is 4.79 Å². The van der Waals surface area contributed by atoms with Crippen molar-refractivity contribution in [2.45, 2.75) is 37.7 Å². The topological polar surface area (TPSA) is 50.1 Å². The van der Waals surface area contributed by atoms with Crippen LogP contribution in [0.4, 0.5) is 0 Å². The maximum absolute atomic E-state index is 12.8. The van der Waals surface area contributed by atoms with Crippen LogP contribution in [0.5, 0.6) is 0 Å². The molecular weight excluding hydrogens is 322 g/mol. The van der Waals surface area contributed by atoms with Crippen molar-refractivity contribution >= 4 is 17.6 Å². The van der Waals surface area contributed by atoms with Crippen LogP contribution in [0.15, 0.2) is 48.5 Å². The molecule has 1 aliphatic carbocycles. The minimum Gasteiger partial charge on any atom is -0.460 e. The average Bonchev–Trinajstić information content (AvgIpc) is 3.12. The van der Waals surface area contributed by atoms with Crippen LogP contribution in [0, 0.1) is 11.3 Å². The maximum atomic E-state index is 12.8. The molecule has 1 saturated carbocycles. The first-order chi connectivity index (χ1) is 11.6. The summed E-state index contributed by atoms with van der Waals surface area (Å²) < 4.78 is 5.62. The van der Waals surface area contributed by atoms with Crippen molar-refractivity contribution in [3.05, 3.63) is 70.2 Å². The summed E-state index contributed by atoms with van der Waals surface area (Å²) in [4.78, 5) is 12.8. The van der Waals surface area contributed by atoms with Gasteiger partial charge >= 0.3 is 5.97 Å². The van der Waals surface area contributed by atoms with Gasteiger partial charge in [-0.25, -0.2) is 0 Å². The van der Waals surface area contributed by atoms with Gasteiger partial charge < -0.3 is 4.74 Å². The first-order valence-corrected chi connectivity index (χ1v) is 8.44. The second-order valence-corrected chi connectivity index (χ2v) is 6.62. The minimum absolute atomic E-state index is 0.174. The molecule has 3 rings (SSSR count). The van der Waals surface area contributed by atoms with Crippen LogP contribution in [0.25, 0.3) is 0 Å². The van der Waals surface area contributed by atoms with E-state index in [0.29, 0.717) is 10.6 Å². The van der Waals surface area contributed by atoms with Gasteiger partial charge in [-0.05, 0) is 48.2 Å². The maximum Gasteiger partial charge on any atom is 0.316 e. The van der Waals surface area contributed by atoms with Crippen molar-refractivity contribution in [3.63, 3.8) is 0 Å². The van der Waals surface area contributed by atoms with Gasteiger partial charge in [0.2, 0.25) is 0 Å². The molecule has 0 unspecified atom stereocenters. The fourth-order valence-corrected chi connectivity index (χ4v) is 3.45. The van der Waals surface area contributed by atoms with Crippen LogP contribution < -0.4 is 0 Å². The summed E-state index contributed by atoms with van der Waals surface area (Å²) >= 11 is 5.97. The lowest BCUT2D eigenvalue weighted by molar-refractivity contribution is -0.152. The lowest BCUT2D eigenvalue weighted by atomic mass is 9.79. The standard InChI is InChI=1S/C20H18ClNO2/c21-18-9-7-17(8-10-18)20(11-1-2-12-20)19(23)24-14-16-5-3-15(13-22)4-6-16/h3-10H,1-2,11-12,14H2. The van der Waals surface area contributed by atoms with E-state index in [-0.39, 0.29) is 12.6 Å². The number of nitriles is 1. The molecule has 1 fully saturated rings. The zero-order valence-corrected chi connectivity index (χ0v) is 14.1. The van der Waals surface area contributed by atoms with Gasteiger partial charge in [-0.1, -0.05) is 48.7 Å². The van der Waals surface area contributed by atoms with Gasteiger partial charge in [0.05, 0.1) is 17.0 Å². The third kappa shape index (κ3) is 3.29. The molecule has 0 spiro atoms. The molecule has 0 heterocycles. The van der Waals surface area contributed by atoms with Crippen molar-refractivity contribution in [1.82, 2.24) is 0 Å². The van der Waals surface area contributed by atoms with Crippen molar-refractivity contribution in [3.8, 4) is 6.07 Å². The Balaban J connectivity index is 1.75. The van der Waals surface area contributed by atoms with Crippen LogP contribution in [0.1, 0.15) is 42.4 Å². The van der Waals surface area contributed by atoms with E-state index in [1.165, 1.54) is 0 Å². The Morgan fingerprint density at radius 2 is 1.71 bits per heavy atom. The van der Waals surface area contributed by atoms with E-state index in [4.69, 9.17) is 21.6 Å². The highest BCUT2D eigenvalue weighted by atomic mass is 35.5. The Morgan fingerprint density at radius 3 is 2.29 bits per heavy atom. The predicted molar refractivity (Wildman–Crippen MR) is 92.6 cm³/mol. The molecule has 0 aromatic heterocycles. The molecule has 122 valence electrons. The molecular formula is C20H18ClNO2. The minimum atomic E-state index is -0.558. The third-order valence-electron chi connectivity index (χ3n) is 4.70. The summed E-state index contributed by atoms with van der Waals surface area (Å²) in [5.74, 6) is -0.174. The second kappa shape index (κ2) is 7.07. The molecule has 0 aliphatic heterocycles. The highest BCUT2D eigenvalue weighted by Gasteiger charge is 2.44. The first kappa shape index (κ1) is 16.5. The molecule has 0 saturated heterocycles. The summed E-state index contributed by atoms with van der Waals surface area (Å²) in [7, 11) is 0. The second-order valence-electron chi connectivity index (χ2n) is 6.18. The zero-order chi connectivity index (χ0) is 17.0. The molecule has 2 aromatic carbocycles. The van der Waals surface area contributed by atoms with Gasteiger partial charge in [0.1, 0.15) is 6.61 Å². The lowest BCUT2D eigenvalue weighted by Gasteiger charge is -2.27. The molecule has 1 aliphatic rings. The van der Waals surface area contributed by atoms with Crippen molar-refractivity contribution in [2.75, 3.05) is 0 Å².